The number of aromatic nitrogens is 2. The molecule has 4 nitrogen and oxygen atoms in total. The molecule has 0 spiro atoms. The Morgan fingerprint density at radius 3 is 2.79 bits per heavy atom. The maximum absolute atomic E-state index is 5.79. The molecule has 0 saturated carbocycles. The van der Waals surface area contributed by atoms with Gasteiger partial charge >= 0.3 is 0 Å². The van der Waals surface area contributed by atoms with E-state index in [1.165, 1.54) is 0 Å². The van der Waals surface area contributed by atoms with Crippen molar-refractivity contribution in [2.24, 2.45) is 0 Å². The highest BCUT2D eigenvalue weighted by Crippen LogP contribution is 2.28. The van der Waals surface area contributed by atoms with Crippen LogP contribution in [0.15, 0.2) is 40.9 Å². The monoisotopic (exact) mass is 317 g/mol. The maximum Gasteiger partial charge on any atom is 0.138 e. The second kappa shape index (κ2) is 4.59. The van der Waals surface area contributed by atoms with Gasteiger partial charge in [-0.25, -0.2) is 4.98 Å². The summed E-state index contributed by atoms with van der Waals surface area (Å²) in [5, 5.41) is 0. The van der Waals surface area contributed by atoms with Crippen LogP contribution in [0.2, 0.25) is 0 Å². The van der Waals surface area contributed by atoms with Gasteiger partial charge in [0.2, 0.25) is 0 Å². The van der Waals surface area contributed by atoms with Crippen LogP contribution in [0.4, 0.5) is 5.69 Å². The Labute approximate surface area is 118 Å². The number of hydrogen-bond acceptors (Lipinski definition) is 3. The maximum atomic E-state index is 5.79. The van der Waals surface area contributed by atoms with Gasteiger partial charge in [-0.2, -0.15) is 0 Å². The van der Waals surface area contributed by atoms with E-state index in [1.807, 2.05) is 36.4 Å². The first-order valence-corrected chi connectivity index (χ1v) is 6.56. The van der Waals surface area contributed by atoms with E-state index in [1.54, 1.807) is 7.11 Å². The van der Waals surface area contributed by atoms with E-state index in [9.17, 15) is 0 Å². The van der Waals surface area contributed by atoms with Gasteiger partial charge in [0.25, 0.3) is 0 Å². The topological polar surface area (TPSA) is 63.9 Å². The number of nitrogens with one attached hydrogen (secondary N) is 1. The summed E-state index contributed by atoms with van der Waals surface area (Å²) in [5.74, 6) is 1.62. The van der Waals surface area contributed by atoms with Crippen LogP contribution in [0.25, 0.3) is 22.4 Å². The lowest BCUT2D eigenvalue weighted by Gasteiger charge is -2.00. The number of aromatic amines is 1. The Kier molecular flexibility index (Phi) is 2.91. The third-order valence-electron chi connectivity index (χ3n) is 2.96. The molecule has 3 aromatic rings. The Bertz CT molecular complexity index is 752. The number of H-pyrrole nitrogens is 1. The van der Waals surface area contributed by atoms with Crippen LogP contribution >= 0.6 is 15.9 Å². The number of nitrogen functional groups attached to an aromatic ring is 1. The van der Waals surface area contributed by atoms with Crippen molar-refractivity contribution in [2.75, 3.05) is 12.8 Å². The number of benzene rings is 2. The Hall–Kier alpha value is -2.01. The Morgan fingerprint density at radius 1 is 1.21 bits per heavy atom. The zero-order valence-electron chi connectivity index (χ0n) is 10.3. The van der Waals surface area contributed by atoms with Crippen molar-refractivity contribution in [3.8, 4) is 17.1 Å². The highest BCUT2D eigenvalue weighted by atomic mass is 79.9. The van der Waals surface area contributed by atoms with Crippen molar-refractivity contribution in [2.45, 2.75) is 0 Å². The van der Waals surface area contributed by atoms with Gasteiger partial charge in [0, 0.05) is 21.8 Å². The van der Waals surface area contributed by atoms with E-state index < -0.39 is 0 Å². The van der Waals surface area contributed by atoms with Crippen LogP contribution in [0.3, 0.4) is 0 Å². The second-order valence-electron chi connectivity index (χ2n) is 4.20. The molecule has 0 atom stereocenters. The molecule has 0 unspecified atom stereocenters. The van der Waals surface area contributed by atoms with Gasteiger partial charge < -0.3 is 15.5 Å². The number of hydrogen-bond donors (Lipinski definition) is 2. The lowest BCUT2D eigenvalue weighted by atomic mass is 10.2. The predicted octanol–water partition coefficient (Wildman–Crippen LogP) is 3.58. The molecule has 1 heterocycles. The first-order chi connectivity index (χ1) is 9.17. The SMILES string of the molecule is COc1ccc2nc(-c3ccc(N)c(Br)c3)[nH]c2c1. The van der Waals surface area contributed by atoms with Crippen LogP contribution < -0.4 is 10.5 Å². The average Bonchev–Trinajstić information content (AvgIpc) is 2.84. The summed E-state index contributed by atoms with van der Waals surface area (Å²) in [7, 11) is 1.65. The van der Waals surface area contributed by atoms with Crippen LogP contribution in [0.1, 0.15) is 0 Å². The van der Waals surface area contributed by atoms with E-state index in [0.717, 1.165) is 32.6 Å². The Balaban J connectivity index is 2.11. The van der Waals surface area contributed by atoms with E-state index in [4.69, 9.17) is 10.5 Å². The van der Waals surface area contributed by atoms with Crippen molar-refractivity contribution in [1.29, 1.82) is 0 Å². The van der Waals surface area contributed by atoms with E-state index in [-0.39, 0.29) is 0 Å². The molecule has 0 aliphatic heterocycles. The fourth-order valence-electron chi connectivity index (χ4n) is 1.93. The van der Waals surface area contributed by atoms with Crippen LogP contribution in [0, 0.1) is 0 Å². The molecule has 3 N–H and O–H groups in total. The Morgan fingerprint density at radius 2 is 2.05 bits per heavy atom. The summed E-state index contributed by atoms with van der Waals surface area (Å²) in [6.07, 6.45) is 0. The van der Waals surface area contributed by atoms with Crippen molar-refractivity contribution < 1.29 is 4.74 Å². The number of ether oxygens (including phenoxy) is 1. The van der Waals surface area contributed by atoms with E-state index >= 15 is 0 Å². The standard InChI is InChI=1S/C14H12BrN3O/c1-19-9-3-5-12-13(7-9)18-14(17-12)8-2-4-11(16)10(15)6-8/h2-7H,16H2,1H3,(H,17,18). The molecule has 1 aromatic heterocycles. The summed E-state index contributed by atoms with van der Waals surface area (Å²) in [4.78, 5) is 7.84. The molecule has 0 aliphatic rings. The molecular formula is C14H12BrN3O. The van der Waals surface area contributed by atoms with Gasteiger partial charge in [0.1, 0.15) is 11.6 Å². The minimum atomic E-state index is 0.710. The van der Waals surface area contributed by atoms with Gasteiger partial charge in [-0.1, -0.05) is 0 Å². The zero-order chi connectivity index (χ0) is 13.4. The summed E-state index contributed by atoms with van der Waals surface area (Å²) in [5.41, 5.74) is 9.33. The van der Waals surface area contributed by atoms with Crippen molar-refractivity contribution in [1.82, 2.24) is 9.97 Å². The lowest BCUT2D eigenvalue weighted by molar-refractivity contribution is 0.415. The normalized spacial score (nSPS) is 10.8. The number of nitrogens with zero attached hydrogens (tertiary/aromatic N) is 1. The van der Waals surface area contributed by atoms with Gasteiger partial charge in [0.05, 0.1) is 18.1 Å². The number of anilines is 1. The smallest absolute Gasteiger partial charge is 0.138 e. The van der Waals surface area contributed by atoms with Crippen molar-refractivity contribution in [3.05, 3.63) is 40.9 Å². The highest BCUT2D eigenvalue weighted by Gasteiger charge is 2.07. The second-order valence-corrected chi connectivity index (χ2v) is 5.06. The number of methoxy groups -OCH3 is 1. The van der Waals surface area contributed by atoms with Crippen LogP contribution in [-0.4, -0.2) is 17.1 Å². The van der Waals surface area contributed by atoms with Crippen molar-refractivity contribution >= 4 is 32.7 Å². The number of fused-ring (bicyclic) bond motifs is 1. The quantitative estimate of drug-likeness (QED) is 0.710. The third-order valence-corrected chi connectivity index (χ3v) is 3.65. The summed E-state index contributed by atoms with van der Waals surface area (Å²) in [6, 6.07) is 11.5. The minimum absolute atomic E-state index is 0.710. The predicted molar refractivity (Wildman–Crippen MR) is 80.2 cm³/mol. The van der Waals surface area contributed by atoms with Crippen molar-refractivity contribution in [3.63, 3.8) is 0 Å². The van der Waals surface area contributed by atoms with Gasteiger partial charge in [-0.3, -0.25) is 0 Å². The molecule has 5 heteroatoms. The largest absolute Gasteiger partial charge is 0.497 e. The highest BCUT2D eigenvalue weighted by molar-refractivity contribution is 9.10. The van der Waals surface area contributed by atoms with Crippen LogP contribution in [0.5, 0.6) is 5.75 Å². The molecule has 0 bridgehead atoms. The molecule has 96 valence electrons. The molecular weight excluding hydrogens is 306 g/mol. The van der Waals surface area contributed by atoms with Gasteiger partial charge in [-0.05, 0) is 46.3 Å². The van der Waals surface area contributed by atoms with E-state index in [2.05, 4.69) is 25.9 Å². The number of rotatable bonds is 2. The number of halogens is 1. The van der Waals surface area contributed by atoms with E-state index in [0.29, 0.717) is 5.69 Å². The fourth-order valence-corrected chi connectivity index (χ4v) is 2.31. The number of imidazole rings is 1. The molecule has 19 heavy (non-hydrogen) atoms. The molecule has 0 radical (unpaired) electrons. The van der Waals surface area contributed by atoms with Crippen LogP contribution in [-0.2, 0) is 0 Å². The third kappa shape index (κ3) is 2.17. The molecule has 2 aromatic carbocycles. The molecule has 0 fully saturated rings. The first kappa shape index (κ1) is 12.0. The minimum Gasteiger partial charge on any atom is -0.497 e. The lowest BCUT2D eigenvalue weighted by Crippen LogP contribution is -1.87. The molecule has 0 saturated heterocycles. The zero-order valence-corrected chi connectivity index (χ0v) is 11.9. The number of nitrogens with two attached hydrogens (primary N) is 1. The summed E-state index contributed by atoms with van der Waals surface area (Å²) in [6.45, 7) is 0. The summed E-state index contributed by atoms with van der Waals surface area (Å²) < 4.78 is 6.06. The molecule has 0 aliphatic carbocycles. The summed E-state index contributed by atoms with van der Waals surface area (Å²) >= 11 is 3.42. The molecule has 0 amide bonds. The average molecular weight is 318 g/mol. The fraction of sp³-hybridized carbons (Fsp3) is 0.0714. The van der Waals surface area contributed by atoms with Gasteiger partial charge in [0.15, 0.2) is 0 Å². The first-order valence-electron chi connectivity index (χ1n) is 5.76. The molecule has 3 rings (SSSR count). The van der Waals surface area contributed by atoms with Gasteiger partial charge in [-0.15, -0.1) is 0 Å².